The highest BCUT2D eigenvalue weighted by atomic mass is 16.1. The van der Waals surface area contributed by atoms with Crippen molar-refractivity contribution in [1.82, 2.24) is 5.32 Å². The summed E-state index contributed by atoms with van der Waals surface area (Å²) in [6, 6.07) is 10.6. The average Bonchev–Trinajstić information content (AvgIpc) is 2.81. The summed E-state index contributed by atoms with van der Waals surface area (Å²) in [5, 5.41) is 3.11. The highest BCUT2D eigenvalue weighted by molar-refractivity contribution is 5.76. The number of carbonyl (C=O) groups excluding carboxylic acids is 1. The lowest BCUT2D eigenvalue weighted by Crippen LogP contribution is -2.32. The van der Waals surface area contributed by atoms with Crippen molar-refractivity contribution >= 4 is 5.91 Å². The first-order valence-corrected chi connectivity index (χ1v) is 6.18. The zero-order chi connectivity index (χ0) is 11.2. The second kappa shape index (κ2) is 5.69. The van der Waals surface area contributed by atoms with E-state index in [0.29, 0.717) is 12.5 Å². The molecule has 0 radical (unpaired) electrons. The summed E-state index contributed by atoms with van der Waals surface area (Å²) in [5.74, 6) is 0.204. The third-order valence-electron chi connectivity index (χ3n) is 3.20. The molecule has 0 bridgehead atoms. The van der Waals surface area contributed by atoms with Gasteiger partial charge in [-0.1, -0.05) is 43.2 Å². The molecule has 86 valence electrons. The van der Waals surface area contributed by atoms with Gasteiger partial charge in [0.2, 0.25) is 5.91 Å². The Hall–Kier alpha value is -1.31. The predicted octanol–water partition coefficient (Wildman–Crippen LogP) is 2.68. The molecule has 0 unspecified atom stereocenters. The number of aryl methyl sites for hydroxylation is 1. The normalized spacial score (nSPS) is 16.2. The lowest BCUT2D eigenvalue weighted by molar-refractivity contribution is -0.121. The summed E-state index contributed by atoms with van der Waals surface area (Å²) in [5.41, 5.74) is 1.24. The molecule has 2 heteroatoms. The molecule has 1 amide bonds. The van der Waals surface area contributed by atoms with Gasteiger partial charge in [0.05, 0.1) is 0 Å². The molecule has 0 aliphatic heterocycles. The van der Waals surface area contributed by atoms with E-state index in [1.807, 2.05) is 18.2 Å². The molecule has 0 atom stereocenters. The Kier molecular flexibility index (Phi) is 3.97. The van der Waals surface area contributed by atoms with Crippen LogP contribution in [0.4, 0.5) is 0 Å². The summed E-state index contributed by atoms with van der Waals surface area (Å²) in [6.45, 7) is 0. The maximum Gasteiger partial charge on any atom is 0.220 e. The lowest BCUT2D eigenvalue weighted by atomic mass is 10.1. The van der Waals surface area contributed by atoms with Gasteiger partial charge in [0.15, 0.2) is 0 Å². The first kappa shape index (κ1) is 11.2. The van der Waals surface area contributed by atoms with E-state index in [-0.39, 0.29) is 5.91 Å². The molecule has 0 heterocycles. The van der Waals surface area contributed by atoms with Crippen molar-refractivity contribution in [2.45, 2.75) is 44.6 Å². The van der Waals surface area contributed by atoms with Crippen molar-refractivity contribution in [3.8, 4) is 0 Å². The van der Waals surface area contributed by atoms with Crippen LogP contribution in [0.3, 0.4) is 0 Å². The highest BCUT2D eigenvalue weighted by Gasteiger charge is 2.16. The molecule has 0 aromatic heterocycles. The number of carbonyl (C=O) groups is 1. The van der Waals surface area contributed by atoms with Crippen LogP contribution in [0.5, 0.6) is 0 Å². The Labute approximate surface area is 97.1 Å². The van der Waals surface area contributed by atoms with E-state index in [9.17, 15) is 4.79 Å². The van der Waals surface area contributed by atoms with Crippen molar-refractivity contribution in [2.75, 3.05) is 0 Å². The monoisotopic (exact) mass is 217 g/mol. The summed E-state index contributed by atoms with van der Waals surface area (Å²) in [7, 11) is 0. The minimum atomic E-state index is 0.204. The van der Waals surface area contributed by atoms with E-state index in [1.165, 1.54) is 18.4 Å². The molecule has 0 saturated heterocycles. The van der Waals surface area contributed by atoms with Gasteiger partial charge in [-0.15, -0.1) is 0 Å². The third kappa shape index (κ3) is 3.37. The average molecular weight is 217 g/mol. The van der Waals surface area contributed by atoms with Gasteiger partial charge < -0.3 is 5.32 Å². The Morgan fingerprint density at radius 1 is 1.19 bits per heavy atom. The fourth-order valence-corrected chi connectivity index (χ4v) is 2.27. The molecule has 2 nitrogen and oxygen atoms in total. The van der Waals surface area contributed by atoms with Crippen LogP contribution >= 0.6 is 0 Å². The first-order valence-electron chi connectivity index (χ1n) is 6.18. The zero-order valence-electron chi connectivity index (χ0n) is 9.61. The van der Waals surface area contributed by atoms with Crippen LogP contribution in [0.2, 0.25) is 0 Å². The van der Waals surface area contributed by atoms with Gasteiger partial charge in [-0.3, -0.25) is 4.79 Å². The second-order valence-corrected chi connectivity index (χ2v) is 4.53. The molecule has 2 rings (SSSR count). The topological polar surface area (TPSA) is 29.1 Å². The Morgan fingerprint density at radius 3 is 2.56 bits per heavy atom. The van der Waals surface area contributed by atoms with Crippen LogP contribution in [0.25, 0.3) is 0 Å². The van der Waals surface area contributed by atoms with Crippen molar-refractivity contribution < 1.29 is 4.79 Å². The molecular formula is C14H19NO. The number of hydrogen-bond acceptors (Lipinski definition) is 1. The Morgan fingerprint density at radius 2 is 1.88 bits per heavy atom. The molecule has 1 fully saturated rings. The van der Waals surface area contributed by atoms with Gasteiger partial charge in [0.1, 0.15) is 0 Å². The molecule has 1 N–H and O–H groups in total. The van der Waals surface area contributed by atoms with Gasteiger partial charge in [-0.25, -0.2) is 0 Å². The summed E-state index contributed by atoms with van der Waals surface area (Å²) >= 11 is 0. The molecule has 1 aromatic carbocycles. The zero-order valence-corrected chi connectivity index (χ0v) is 9.61. The summed E-state index contributed by atoms with van der Waals surface area (Å²) in [6.07, 6.45) is 6.32. The van der Waals surface area contributed by atoms with Gasteiger partial charge >= 0.3 is 0 Å². The minimum absolute atomic E-state index is 0.204. The maximum absolute atomic E-state index is 11.7. The highest BCUT2D eigenvalue weighted by Crippen LogP contribution is 2.17. The van der Waals surface area contributed by atoms with Gasteiger partial charge in [0.25, 0.3) is 0 Å². The first-order chi connectivity index (χ1) is 7.84. The Balaban J connectivity index is 1.71. The van der Waals surface area contributed by atoms with E-state index in [2.05, 4.69) is 17.4 Å². The SMILES string of the molecule is O=C(CCc1ccccc1)NC1CCCC1. The van der Waals surface area contributed by atoms with Crippen LogP contribution in [0.15, 0.2) is 30.3 Å². The van der Waals surface area contributed by atoms with E-state index in [0.717, 1.165) is 19.3 Å². The van der Waals surface area contributed by atoms with Crippen LogP contribution in [-0.2, 0) is 11.2 Å². The van der Waals surface area contributed by atoms with Gasteiger partial charge in [0, 0.05) is 12.5 Å². The summed E-state index contributed by atoms with van der Waals surface area (Å²) in [4.78, 5) is 11.7. The number of amides is 1. The molecule has 1 aromatic rings. The van der Waals surface area contributed by atoms with Crippen LogP contribution < -0.4 is 5.32 Å². The minimum Gasteiger partial charge on any atom is -0.353 e. The maximum atomic E-state index is 11.7. The van der Waals surface area contributed by atoms with Crippen LogP contribution in [-0.4, -0.2) is 11.9 Å². The molecule has 16 heavy (non-hydrogen) atoms. The second-order valence-electron chi connectivity index (χ2n) is 4.53. The Bertz CT molecular complexity index is 328. The molecule has 0 spiro atoms. The number of nitrogens with one attached hydrogen (secondary N) is 1. The molecule has 1 aliphatic carbocycles. The number of rotatable bonds is 4. The molecular weight excluding hydrogens is 198 g/mol. The van der Waals surface area contributed by atoms with Gasteiger partial charge in [-0.2, -0.15) is 0 Å². The van der Waals surface area contributed by atoms with Crippen molar-refractivity contribution in [2.24, 2.45) is 0 Å². The van der Waals surface area contributed by atoms with E-state index in [4.69, 9.17) is 0 Å². The van der Waals surface area contributed by atoms with Crippen LogP contribution in [0.1, 0.15) is 37.7 Å². The van der Waals surface area contributed by atoms with Crippen LogP contribution in [0, 0.1) is 0 Å². The fraction of sp³-hybridized carbons (Fsp3) is 0.500. The van der Waals surface area contributed by atoms with Crippen molar-refractivity contribution in [3.63, 3.8) is 0 Å². The number of benzene rings is 1. The van der Waals surface area contributed by atoms with Crippen molar-refractivity contribution in [1.29, 1.82) is 0 Å². The largest absolute Gasteiger partial charge is 0.353 e. The third-order valence-corrected chi connectivity index (χ3v) is 3.20. The quantitative estimate of drug-likeness (QED) is 0.825. The van der Waals surface area contributed by atoms with Crippen molar-refractivity contribution in [3.05, 3.63) is 35.9 Å². The summed E-state index contributed by atoms with van der Waals surface area (Å²) < 4.78 is 0. The molecule has 1 saturated carbocycles. The lowest BCUT2D eigenvalue weighted by Gasteiger charge is -2.11. The van der Waals surface area contributed by atoms with E-state index >= 15 is 0 Å². The van der Waals surface area contributed by atoms with Gasteiger partial charge in [-0.05, 0) is 24.8 Å². The van der Waals surface area contributed by atoms with E-state index in [1.54, 1.807) is 0 Å². The molecule has 1 aliphatic rings. The standard InChI is InChI=1S/C14H19NO/c16-14(15-13-8-4-5-9-13)11-10-12-6-2-1-3-7-12/h1-3,6-7,13H,4-5,8-11H2,(H,15,16). The predicted molar refractivity (Wildman–Crippen MR) is 65.2 cm³/mol. The van der Waals surface area contributed by atoms with E-state index < -0.39 is 0 Å². The number of hydrogen-bond donors (Lipinski definition) is 1. The fourth-order valence-electron chi connectivity index (χ4n) is 2.27. The smallest absolute Gasteiger partial charge is 0.220 e.